The zero-order chi connectivity index (χ0) is 25.8. The van der Waals surface area contributed by atoms with Crippen molar-refractivity contribution in [2.45, 2.75) is 45.3 Å². The van der Waals surface area contributed by atoms with Gasteiger partial charge in [-0.05, 0) is 61.6 Å². The van der Waals surface area contributed by atoms with Crippen LogP contribution in [0.15, 0.2) is 36.4 Å². The molecule has 37 heavy (non-hydrogen) atoms. The molecule has 10 nitrogen and oxygen atoms in total. The number of anilines is 4. The van der Waals surface area contributed by atoms with Crippen LogP contribution in [-0.4, -0.2) is 52.8 Å². The molecule has 0 aliphatic carbocycles. The molecule has 0 saturated carbocycles. The van der Waals surface area contributed by atoms with Gasteiger partial charge in [0.25, 0.3) is 5.91 Å². The molecule has 1 unspecified atom stereocenters. The number of rotatable bonds is 8. The van der Waals surface area contributed by atoms with Crippen LogP contribution >= 0.6 is 0 Å². The van der Waals surface area contributed by atoms with Gasteiger partial charge < -0.3 is 25.8 Å². The summed E-state index contributed by atoms with van der Waals surface area (Å²) in [6.45, 7) is 5.80. The average Bonchev–Trinajstić information content (AvgIpc) is 2.93. The molecule has 1 amide bonds. The van der Waals surface area contributed by atoms with Crippen molar-refractivity contribution in [3.05, 3.63) is 58.8 Å². The summed E-state index contributed by atoms with van der Waals surface area (Å²) in [6, 6.07) is 12.0. The smallest absolute Gasteiger partial charge is 0.273 e. The van der Waals surface area contributed by atoms with Gasteiger partial charge in [0, 0.05) is 30.9 Å². The molecule has 5 rings (SSSR count). The number of primary amides is 1. The number of nitrogens with one attached hydrogen (secondary N) is 2. The van der Waals surface area contributed by atoms with E-state index in [9.17, 15) is 4.79 Å². The van der Waals surface area contributed by atoms with Crippen molar-refractivity contribution in [3.63, 3.8) is 0 Å². The van der Waals surface area contributed by atoms with Crippen LogP contribution in [0.5, 0.6) is 5.75 Å². The van der Waals surface area contributed by atoms with Crippen LogP contribution in [0.3, 0.4) is 0 Å². The third kappa shape index (κ3) is 5.50. The first-order valence-electron chi connectivity index (χ1n) is 12.8. The summed E-state index contributed by atoms with van der Waals surface area (Å²) in [7, 11) is 1.64. The van der Waals surface area contributed by atoms with Gasteiger partial charge in [-0.3, -0.25) is 9.69 Å². The van der Waals surface area contributed by atoms with Crippen molar-refractivity contribution >= 4 is 29.0 Å². The Kier molecular flexibility index (Phi) is 7.47. The van der Waals surface area contributed by atoms with Crippen LogP contribution in [0, 0.1) is 0 Å². The van der Waals surface area contributed by atoms with E-state index < -0.39 is 5.91 Å². The summed E-state index contributed by atoms with van der Waals surface area (Å²) in [5.74, 6) is 0.426. The Labute approximate surface area is 216 Å². The maximum atomic E-state index is 12.2. The minimum absolute atomic E-state index is 0.0238. The average molecular weight is 504 g/mol. The lowest BCUT2D eigenvalue weighted by Gasteiger charge is -2.28. The van der Waals surface area contributed by atoms with Crippen molar-refractivity contribution in [2.24, 2.45) is 5.73 Å². The summed E-state index contributed by atoms with van der Waals surface area (Å²) in [5.41, 5.74) is 10.6. The maximum Gasteiger partial charge on any atom is 0.273 e. The summed E-state index contributed by atoms with van der Waals surface area (Å²) in [4.78, 5) is 19.1. The molecule has 10 heteroatoms. The maximum absolute atomic E-state index is 12.2. The molecule has 194 valence electrons. The molecule has 2 aliphatic heterocycles. The second-order valence-corrected chi connectivity index (χ2v) is 9.33. The highest BCUT2D eigenvalue weighted by atomic mass is 16.5. The Hall–Kier alpha value is -3.76. The largest absolute Gasteiger partial charge is 0.495 e. The fourth-order valence-electron chi connectivity index (χ4n) is 4.94. The Balaban J connectivity index is 1.46. The van der Waals surface area contributed by atoms with Gasteiger partial charge in [0.2, 0.25) is 5.95 Å². The molecule has 1 fully saturated rings. The van der Waals surface area contributed by atoms with E-state index in [1.54, 1.807) is 7.11 Å². The topological polar surface area (TPSA) is 128 Å². The highest BCUT2D eigenvalue weighted by Crippen LogP contribution is 2.35. The van der Waals surface area contributed by atoms with E-state index in [1.807, 2.05) is 24.3 Å². The normalized spacial score (nSPS) is 17.6. The van der Waals surface area contributed by atoms with Crippen molar-refractivity contribution in [3.8, 4) is 5.75 Å². The minimum Gasteiger partial charge on any atom is -0.495 e. The molecule has 0 bridgehead atoms. The number of methoxy groups -OCH3 is 1. The molecule has 3 aromatic rings. The molecule has 2 aliphatic rings. The van der Waals surface area contributed by atoms with Gasteiger partial charge in [0.1, 0.15) is 5.75 Å². The van der Waals surface area contributed by atoms with Crippen molar-refractivity contribution in [1.82, 2.24) is 20.1 Å². The molecule has 4 N–H and O–H groups in total. The van der Waals surface area contributed by atoms with Gasteiger partial charge in [-0.1, -0.05) is 25.1 Å². The molecular weight excluding hydrogens is 470 g/mol. The van der Waals surface area contributed by atoms with Crippen LogP contribution in [-0.2, 0) is 17.7 Å². The van der Waals surface area contributed by atoms with E-state index in [2.05, 4.69) is 49.8 Å². The van der Waals surface area contributed by atoms with E-state index in [1.165, 1.54) is 11.1 Å². The van der Waals surface area contributed by atoms with E-state index in [0.29, 0.717) is 5.75 Å². The fraction of sp³-hybridized carbons (Fsp3) is 0.407. The van der Waals surface area contributed by atoms with Gasteiger partial charge in [0.15, 0.2) is 11.5 Å². The Bertz CT molecular complexity index is 1280. The first-order valence-corrected chi connectivity index (χ1v) is 12.8. The number of ether oxygens (including phenoxy) is 2. The lowest BCUT2D eigenvalue weighted by molar-refractivity contribution is 0.0154. The molecular formula is C27H33N7O3. The SMILES string of the molecule is CCN1CCc2cc(OC)c(Nc3nnc(C(N)=O)c(Nc4ccccc4C4CCCCO4)n3)cc2C1. The Morgan fingerprint density at radius 2 is 2.03 bits per heavy atom. The van der Waals surface area contributed by atoms with Crippen LogP contribution in [0.4, 0.5) is 23.1 Å². The number of likely N-dealkylation sites (N-methyl/N-ethyl adjacent to an activating group) is 1. The zero-order valence-corrected chi connectivity index (χ0v) is 21.3. The van der Waals surface area contributed by atoms with Crippen LogP contribution in [0.1, 0.15) is 59.5 Å². The first kappa shape index (κ1) is 24.9. The number of aromatic nitrogens is 3. The standard InChI is InChI=1S/C27H33N7O3/c1-3-34-12-11-17-15-23(36-2)21(14-18(17)16-34)30-27-31-26(24(25(28)35)32-33-27)29-20-9-5-4-8-19(20)22-10-6-7-13-37-22/h4-5,8-9,14-15,22H,3,6-7,10-13,16H2,1-2H3,(H2,28,35)(H2,29,30,31,33). The lowest BCUT2D eigenvalue weighted by Crippen LogP contribution is -2.30. The number of hydrogen-bond donors (Lipinski definition) is 3. The van der Waals surface area contributed by atoms with E-state index >= 15 is 0 Å². The molecule has 0 spiro atoms. The fourth-order valence-corrected chi connectivity index (χ4v) is 4.94. The highest BCUT2D eigenvalue weighted by molar-refractivity contribution is 5.96. The van der Waals surface area contributed by atoms with Crippen molar-refractivity contribution in [2.75, 3.05) is 37.4 Å². The van der Waals surface area contributed by atoms with Gasteiger partial charge in [-0.15, -0.1) is 10.2 Å². The summed E-state index contributed by atoms with van der Waals surface area (Å²) in [5, 5.41) is 14.7. The quantitative estimate of drug-likeness (QED) is 0.416. The minimum atomic E-state index is -0.716. The number of hydrogen-bond acceptors (Lipinski definition) is 9. The number of nitrogens with two attached hydrogens (primary N) is 1. The number of benzene rings is 2. The predicted molar refractivity (Wildman–Crippen MR) is 142 cm³/mol. The number of amides is 1. The van der Waals surface area contributed by atoms with Crippen molar-refractivity contribution < 1.29 is 14.3 Å². The van der Waals surface area contributed by atoms with E-state index in [-0.39, 0.29) is 23.6 Å². The Morgan fingerprint density at radius 1 is 1.16 bits per heavy atom. The number of para-hydroxylation sites is 1. The molecule has 1 atom stereocenters. The molecule has 3 heterocycles. The van der Waals surface area contributed by atoms with Crippen LogP contribution < -0.4 is 21.1 Å². The summed E-state index contributed by atoms with van der Waals surface area (Å²) in [6.07, 6.45) is 4.05. The third-order valence-electron chi connectivity index (χ3n) is 6.97. The molecule has 1 aromatic heterocycles. The number of carbonyl (C=O) groups is 1. The lowest BCUT2D eigenvalue weighted by atomic mass is 9.98. The van der Waals surface area contributed by atoms with Gasteiger partial charge in [-0.25, -0.2) is 0 Å². The Morgan fingerprint density at radius 3 is 2.78 bits per heavy atom. The monoisotopic (exact) mass is 503 g/mol. The second kappa shape index (κ2) is 11.1. The van der Waals surface area contributed by atoms with E-state index in [4.69, 9.17) is 15.2 Å². The molecule has 1 saturated heterocycles. The van der Waals surface area contributed by atoms with Gasteiger partial charge in [0.05, 0.1) is 18.9 Å². The predicted octanol–water partition coefficient (Wildman–Crippen LogP) is 4.09. The number of carbonyl (C=O) groups excluding carboxylic acids is 1. The third-order valence-corrected chi connectivity index (χ3v) is 6.97. The number of nitrogens with zero attached hydrogens (tertiary/aromatic N) is 4. The van der Waals surface area contributed by atoms with E-state index in [0.717, 1.165) is 68.9 Å². The summed E-state index contributed by atoms with van der Waals surface area (Å²) >= 11 is 0. The van der Waals surface area contributed by atoms with Gasteiger partial charge >= 0.3 is 0 Å². The van der Waals surface area contributed by atoms with Gasteiger partial charge in [-0.2, -0.15) is 4.98 Å². The second-order valence-electron chi connectivity index (χ2n) is 9.33. The summed E-state index contributed by atoms with van der Waals surface area (Å²) < 4.78 is 11.7. The molecule has 2 aromatic carbocycles. The highest BCUT2D eigenvalue weighted by Gasteiger charge is 2.22. The first-order chi connectivity index (χ1) is 18.1. The van der Waals surface area contributed by atoms with Crippen LogP contribution in [0.2, 0.25) is 0 Å². The van der Waals surface area contributed by atoms with Crippen LogP contribution in [0.25, 0.3) is 0 Å². The zero-order valence-electron chi connectivity index (χ0n) is 21.3. The van der Waals surface area contributed by atoms with Crippen molar-refractivity contribution in [1.29, 1.82) is 0 Å². The number of fused-ring (bicyclic) bond motifs is 1. The molecule has 0 radical (unpaired) electrons.